The average molecular weight is 317 g/mol. The molecule has 5 heteroatoms. The molecule has 0 bridgehead atoms. The molecule has 1 aliphatic carbocycles. The molecule has 0 saturated carbocycles. The first kappa shape index (κ1) is 15.1. The fraction of sp³-hybridized carbons (Fsp3) is 0.294. The molecule has 0 radical (unpaired) electrons. The predicted octanol–water partition coefficient (Wildman–Crippen LogP) is 2.53. The molecule has 1 unspecified atom stereocenters. The Labute approximate surface area is 131 Å². The van der Waals surface area contributed by atoms with E-state index in [0.717, 1.165) is 24.2 Å². The maximum atomic E-state index is 12.4. The third-order valence-electron chi connectivity index (χ3n) is 4.04. The molecule has 0 saturated heterocycles. The maximum Gasteiger partial charge on any atom is 0.240 e. The van der Waals surface area contributed by atoms with Crippen molar-refractivity contribution in [3.05, 3.63) is 59.7 Å². The van der Waals surface area contributed by atoms with Crippen LogP contribution in [0.25, 0.3) is 0 Å². The Balaban J connectivity index is 1.81. The molecule has 0 amide bonds. The molecule has 0 heterocycles. The largest absolute Gasteiger partial charge is 0.496 e. The quantitative estimate of drug-likeness (QED) is 0.943. The van der Waals surface area contributed by atoms with Gasteiger partial charge in [0.1, 0.15) is 5.75 Å². The van der Waals surface area contributed by atoms with Crippen LogP contribution in [0.2, 0.25) is 0 Å². The number of sulfonamides is 1. The zero-order chi connectivity index (χ0) is 15.6. The molecule has 4 nitrogen and oxygen atoms in total. The number of rotatable bonds is 4. The second kappa shape index (κ2) is 6.10. The Bertz CT molecular complexity index is 742. The third-order valence-corrected chi connectivity index (χ3v) is 5.57. The van der Waals surface area contributed by atoms with Gasteiger partial charge in [-0.2, -0.15) is 0 Å². The normalized spacial score (nSPS) is 17.8. The molecular weight excluding hydrogens is 298 g/mol. The zero-order valence-electron chi connectivity index (χ0n) is 12.5. The first-order chi connectivity index (χ1) is 10.6. The lowest BCUT2D eigenvalue weighted by molar-refractivity contribution is 0.400. The minimum atomic E-state index is -3.47. The Hall–Kier alpha value is -1.85. The van der Waals surface area contributed by atoms with Gasteiger partial charge in [0, 0.05) is 6.04 Å². The van der Waals surface area contributed by atoms with E-state index in [1.807, 2.05) is 12.1 Å². The van der Waals surface area contributed by atoms with Gasteiger partial charge in [-0.3, -0.25) is 0 Å². The molecule has 0 spiro atoms. The number of benzene rings is 2. The van der Waals surface area contributed by atoms with Crippen molar-refractivity contribution in [2.45, 2.75) is 30.2 Å². The molecule has 0 aromatic heterocycles. The number of aryl methyl sites for hydroxylation is 1. The Morgan fingerprint density at radius 1 is 1.09 bits per heavy atom. The lowest BCUT2D eigenvalue weighted by Gasteiger charge is -2.26. The summed E-state index contributed by atoms with van der Waals surface area (Å²) in [5, 5.41) is 0. The van der Waals surface area contributed by atoms with Crippen LogP contribution < -0.4 is 9.46 Å². The van der Waals surface area contributed by atoms with Gasteiger partial charge in [0.05, 0.1) is 12.0 Å². The summed E-state index contributed by atoms with van der Waals surface area (Å²) in [7, 11) is -1.83. The molecule has 0 fully saturated rings. The summed E-state index contributed by atoms with van der Waals surface area (Å²) in [6.45, 7) is 0. The smallest absolute Gasteiger partial charge is 0.240 e. The number of hydrogen-bond donors (Lipinski definition) is 1. The van der Waals surface area contributed by atoms with E-state index in [1.54, 1.807) is 37.4 Å². The van der Waals surface area contributed by atoms with E-state index in [-0.39, 0.29) is 6.04 Å². The van der Waals surface area contributed by atoms with E-state index in [0.29, 0.717) is 11.3 Å². The highest BCUT2D eigenvalue weighted by atomic mass is 32.2. The molecule has 1 atom stereocenters. The summed E-state index contributed by atoms with van der Waals surface area (Å²) in [5.41, 5.74) is 2.35. The van der Waals surface area contributed by atoms with E-state index in [2.05, 4.69) is 10.8 Å². The molecule has 3 rings (SSSR count). The lowest BCUT2D eigenvalue weighted by atomic mass is 9.88. The number of ether oxygens (including phenoxy) is 1. The number of nitrogens with one attached hydrogen (secondary N) is 1. The zero-order valence-corrected chi connectivity index (χ0v) is 13.3. The van der Waals surface area contributed by atoms with E-state index in [4.69, 9.17) is 4.74 Å². The van der Waals surface area contributed by atoms with Gasteiger partial charge in [-0.1, -0.05) is 30.3 Å². The van der Waals surface area contributed by atoms with Gasteiger partial charge in [-0.15, -0.1) is 0 Å². The summed E-state index contributed by atoms with van der Waals surface area (Å²) >= 11 is 0. The highest BCUT2D eigenvalue weighted by Crippen LogP contribution is 2.30. The van der Waals surface area contributed by atoms with Gasteiger partial charge < -0.3 is 4.74 Å². The van der Waals surface area contributed by atoms with Gasteiger partial charge in [-0.25, -0.2) is 13.1 Å². The molecule has 2 aromatic carbocycles. The van der Waals surface area contributed by atoms with Crippen molar-refractivity contribution in [3.63, 3.8) is 0 Å². The topological polar surface area (TPSA) is 55.4 Å². The summed E-state index contributed by atoms with van der Waals surface area (Å²) in [6.07, 6.45) is 2.31. The Kier molecular flexibility index (Phi) is 4.18. The Morgan fingerprint density at radius 2 is 1.86 bits per heavy atom. The lowest BCUT2D eigenvalue weighted by Crippen LogP contribution is -2.38. The maximum absolute atomic E-state index is 12.4. The minimum absolute atomic E-state index is 0.103. The van der Waals surface area contributed by atoms with Crippen molar-refractivity contribution in [1.29, 1.82) is 0 Å². The molecular formula is C17H19NO3S. The van der Waals surface area contributed by atoms with E-state index in [1.165, 1.54) is 5.56 Å². The van der Waals surface area contributed by atoms with Crippen LogP contribution in [0.3, 0.4) is 0 Å². The van der Waals surface area contributed by atoms with Crippen molar-refractivity contribution in [2.75, 3.05) is 7.11 Å². The molecule has 116 valence electrons. The van der Waals surface area contributed by atoms with Crippen molar-refractivity contribution < 1.29 is 13.2 Å². The van der Waals surface area contributed by atoms with E-state index < -0.39 is 10.0 Å². The number of methoxy groups -OCH3 is 1. The van der Waals surface area contributed by atoms with E-state index in [9.17, 15) is 8.42 Å². The van der Waals surface area contributed by atoms with Gasteiger partial charge >= 0.3 is 0 Å². The fourth-order valence-electron chi connectivity index (χ4n) is 2.93. The Morgan fingerprint density at radius 3 is 2.59 bits per heavy atom. The summed E-state index contributed by atoms with van der Waals surface area (Å²) in [6, 6.07) is 14.4. The highest BCUT2D eigenvalue weighted by Gasteiger charge is 2.25. The minimum Gasteiger partial charge on any atom is -0.496 e. The van der Waals surface area contributed by atoms with Gasteiger partial charge in [0.25, 0.3) is 0 Å². The summed E-state index contributed by atoms with van der Waals surface area (Å²) < 4.78 is 33.1. The number of fused-ring (bicyclic) bond motifs is 1. The second-order valence-corrected chi connectivity index (χ2v) is 7.19. The van der Waals surface area contributed by atoms with Crippen LogP contribution in [0.1, 0.15) is 17.5 Å². The van der Waals surface area contributed by atoms with Crippen LogP contribution in [0, 0.1) is 0 Å². The van der Waals surface area contributed by atoms with Gasteiger partial charge in [-0.05, 0) is 48.6 Å². The van der Waals surface area contributed by atoms with Crippen molar-refractivity contribution in [2.24, 2.45) is 0 Å². The SMILES string of the molecule is COc1cccc2c1CC(NS(=O)(=O)c1ccccc1)CC2. The highest BCUT2D eigenvalue weighted by molar-refractivity contribution is 7.89. The van der Waals surface area contributed by atoms with Gasteiger partial charge in [0.2, 0.25) is 10.0 Å². The molecule has 1 N–H and O–H groups in total. The molecule has 22 heavy (non-hydrogen) atoms. The van der Waals surface area contributed by atoms with Crippen LogP contribution in [0.5, 0.6) is 5.75 Å². The first-order valence-corrected chi connectivity index (χ1v) is 8.80. The second-order valence-electron chi connectivity index (χ2n) is 5.47. The summed E-state index contributed by atoms with van der Waals surface area (Å²) in [4.78, 5) is 0.306. The van der Waals surface area contributed by atoms with Crippen molar-refractivity contribution >= 4 is 10.0 Å². The average Bonchev–Trinajstić information content (AvgIpc) is 2.54. The van der Waals surface area contributed by atoms with Crippen LogP contribution in [-0.4, -0.2) is 21.6 Å². The van der Waals surface area contributed by atoms with Crippen molar-refractivity contribution in [3.8, 4) is 5.75 Å². The standard InChI is InChI=1S/C17H19NO3S/c1-21-17-9-5-6-13-10-11-14(12-16(13)17)18-22(19,20)15-7-3-2-4-8-15/h2-9,14,18H,10-12H2,1H3. The van der Waals surface area contributed by atoms with Gasteiger partial charge in [0.15, 0.2) is 0 Å². The predicted molar refractivity (Wildman–Crippen MR) is 85.6 cm³/mol. The third kappa shape index (κ3) is 3.00. The number of hydrogen-bond acceptors (Lipinski definition) is 3. The summed E-state index contributed by atoms with van der Waals surface area (Å²) in [5.74, 6) is 0.834. The van der Waals surface area contributed by atoms with Crippen LogP contribution in [0.15, 0.2) is 53.4 Å². The van der Waals surface area contributed by atoms with Crippen LogP contribution in [0.4, 0.5) is 0 Å². The van der Waals surface area contributed by atoms with Crippen LogP contribution >= 0.6 is 0 Å². The first-order valence-electron chi connectivity index (χ1n) is 7.32. The van der Waals surface area contributed by atoms with E-state index >= 15 is 0 Å². The molecule has 2 aromatic rings. The monoisotopic (exact) mass is 317 g/mol. The fourth-order valence-corrected chi connectivity index (χ4v) is 4.23. The molecule has 0 aliphatic heterocycles. The van der Waals surface area contributed by atoms with Crippen LogP contribution in [-0.2, 0) is 22.9 Å². The molecule has 1 aliphatic rings. The van der Waals surface area contributed by atoms with Crippen molar-refractivity contribution in [1.82, 2.24) is 4.72 Å².